The van der Waals surface area contributed by atoms with Crippen molar-refractivity contribution in [2.45, 2.75) is 4.90 Å². The lowest BCUT2D eigenvalue weighted by atomic mass is 10.3. The van der Waals surface area contributed by atoms with Crippen LogP contribution in [0, 0.1) is 11.6 Å². The lowest BCUT2D eigenvalue weighted by molar-refractivity contribution is 0.566. The fraction of sp³-hybridized carbons (Fsp3) is 0.143. The van der Waals surface area contributed by atoms with Crippen molar-refractivity contribution >= 4 is 17.4 Å². The zero-order valence-electron chi connectivity index (χ0n) is 9.70. The Kier molecular flexibility index (Phi) is 4.59. The van der Waals surface area contributed by atoms with E-state index >= 15 is 0 Å². The topological polar surface area (TPSA) is 12.0 Å². The Balaban J connectivity index is 1.79. The van der Waals surface area contributed by atoms with Crippen molar-refractivity contribution in [2.75, 3.05) is 17.6 Å². The normalized spacial score (nSPS) is 10.3. The molecule has 0 spiro atoms. The van der Waals surface area contributed by atoms with E-state index in [9.17, 15) is 8.78 Å². The van der Waals surface area contributed by atoms with Gasteiger partial charge in [-0.15, -0.1) is 11.8 Å². The van der Waals surface area contributed by atoms with Gasteiger partial charge in [0.15, 0.2) is 0 Å². The number of hydrogen-bond donors (Lipinski definition) is 1. The maximum atomic E-state index is 13.3. The SMILES string of the molecule is Fc1ccc(SCCNc2ccccc2)c(F)c1. The summed E-state index contributed by atoms with van der Waals surface area (Å²) in [5.41, 5.74) is 1.04. The summed E-state index contributed by atoms with van der Waals surface area (Å²) in [7, 11) is 0. The standard InChI is InChI=1S/C14H13F2NS/c15-11-6-7-14(13(16)10-11)18-9-8-17-12-4-2-1-3-5-12/h1-7,10,17H,8-9H2. The van der Waals surface area contributed by atoms with E-state index in [2.05, 4.69) is 5.32 Å². The highest BCUT2D eigenvalue weighted by atomic mass is 32.2. The van der Waals surface area contributed by atoms with Gasteiger partial charge in [0.25, 0.3) is 0 Å². The second-order valence-corrected chi connectivity index (χ2v) is 4.85. The van der Waals surface area contributed by atoms with E-state index in [1.807, 2.05) is 30.3 Å². The Labute approximate surface area is 109 Å². The molecule has 2 aromatic rings. The molecule has 0 saturated carbocycles. The number of benzene rings is 2. The van der Waals surface area contributed by atoms with Gasteiger partial charge in [0.2, 0.25) is 0 Å². The number of anilines is 1. The summed E-state index contributed by atoms with van der Waals surface area (Å²) < 4.78 is 26.0. The first-order valence-electron chi connectivity index (χ1n) is 5.62. The third-order valence-corrected chi connectivity index (χ3v) is 3.41. The smallest absolute Gasteiger partial charge is 0.139 e. The average molecular weight is 265 g/mol. The van der Waals surface area contributed by atoms with E-state index in [0.717, 1.165) is 24.1 Å². The van der Waals surface area contributed by atoms with Crippen molar-refractivity contribution in [1.82, 2.24) is 0 Å². The Morgan fingerprint density at radius 2 is 1.78 bits per heavy atom. The lowest BCUT2D eigenvalue weighted by Crippen LogP contribution is -2.03. The highest BCUT2D eigenvalue weighted by Gasteiger charge is 2.03. The van der Waals surface area contributed by atoms with Crippen LogP contribution >= 0.6 is 11.8 Å². The van der Waals surface area contributed by atoms with E-state index in [4.69, 9.17) is 0 Å². The van der Waals surface area contributed by atoms with Crippen LogP contribution in [0.3, 0.4) is 0 Å². The van der Waals surface area contributed by atoms with E-state index in [1.165, 1.54) is 23.9 Å². The molecule has 18 heavy (non-hydrogen) atoms. The molecule has 0 aliphatic heterocycles. The number of para-hydroxylation sites is 1. The molecule has 0 unspecified atom stereocenters. The number of hydrogen-bond acceptors (Lipinski definition) is 2. The van der Waals surface area contributed by atoms with Gasteiger partial charge in [-0.2, -0.15) is 0 Å². The van der Waals surface area contributed by atoms with Gasteiger partial charge in [-0.3, -0.25) is 0 Å². The Hall–Kier alpha value is -1.55. The molecule has 0 radical (unpaired) electrons. The second-order valence-electron chi connectivity index (χ2n) is 3.72. The van der Waals surface area contributed by atoms with Crippen LogP contribution in [-0.2, 0) is 0 Å². The van der Waals surface area contributed by atoms with Crippen molar-refractivity contribution in [2.24, 2.45) is 0 Å². The minimum atomic E-state index is -0.542. The average Bonchev–Trinajstić information content (AvgIpc) is 2.38. The molecule has 0 aromatic heterocycles. The fourth-order valence-electron chi connectivity index (χ4n) is 1.50. The van der Waals surface area contributed by atoms with E-state index in [1.54, 1.807) is 0 Å². The Morgan fingerprint density at radius 1 is 1.00 bits per heavy atom. The van der Waals surface area contributed by atoms with Crippen LogP contribution in [0.5, 0.6) is 0 Å². The predicted octanol–water partition coefficient (Wildman–Crippen LogP) is 4.17. The number of nitrogens with one attached hydrogen (secondary N) is 1. The maximum Gasteiger partial charge on any atom is 0.139 e. The van der Waals surface area contributed by atoms with Gasteiger partial charge in [0.05, 0.1) is 0 Å². The summed E-state index contributed by atoms with van der Waals surface area (Å²) in [5, 5.41) is 3.23. The van der Waals surface area contributed by atoms with Crippen LogP contribution in [0.4, 0.5) is 14.5 Å². The van der Waals surface area contributed by atoms with Crippen molar-refractivity contribution in [3.05, 3.63) is 60.2 Å². The molecular formula is C14H13F2NS. The van der Waals surface area contributed by atoms with Crippen molar-refractivity contribution in [3.63, 3.8) is 0 Å². The summed E-state index contributed by atoms with van der Waals surface area (Å²) in [5.74, 6) is -0.323. The van der Waals surface area contributed by atoms with Crippen molar-refractivity contribution < 1.29 is 8.78 Å². The minimum absolute atomic E-state index is 0.478. The molecule has 0 bridgehead atoms. The molecule has 1 N–H and O–H groups in total. The molecule has 0 aliphatic carbocycles. The third-order valence-electron chi connectivity index (χ3n) is 2.36. The molecule has 0 amide bonds. The molecular weight excluding hydrogens is 252 g/mol. The molecule has 4 heteroatoms. The molecule has 0 aliphatic rings. The largest absolute Gasteiger partial charge is 0.384 e. The maximum absolute atomic E-state index is 13.3. The summed E-state index contributed by atoms with van der Waals surface area (Å²) in [6.07, 6.45) is 0. The molecule has 1 nitrogen and oxygen atoms in total. The van der Waals surface area contributed by atoms with Crippen LogP contribution in [0.15, 0.2) is 53.4 Å². The second kappa shape index (κ2) is 6.40. The zero-order valence-corrected chi connectivity index (χ0v) is 10.5. The summed E-state index contributed by atoms with van der Waals surface area (Å²) in [4.78, 5) is 0.478. The van der Waals surface area contributed by atoms with E-state index < -0.39 is 11.6 Å². The molecule has 94 valence electrons. The summed E-state index contributed by atoms with van der Waals surface area (Å²) in [6, 6.07) is 13.5. The highest BCUT2D eigenvalue weighted by Crippen LogP contribution is 2.22. The van der Waals surface area contributed by atoms with E-state index in [-0.39, 0.29) is 0 Å². The fourth-order valence-corrected chi connectivity index (χ4v) is 2.29. The summed E-state index contributed by atoms with van der Waals surface area (Å²) in [6.45, 7) is 0.728. The van der Waals surface area contributed by atoms with Gasteiger partial charge >= 0.3 is 0 Å². The molecule has 0 atom stereocenters. The van der Waals surface area contributed by atoms with Gasteiger partial charge in [-0.1, -0.05) is 18.2 Å². The minimum Gasteiger partial charge on any atom is -0.384 e. The molecule has 0 saturated heterocycles. The number of thioether (sulfide) groups is 1. The van der Waals surface area contributed by atoms with Crippen molar-refractivity contribution in [1.29, 1.82) is 0 Å². The van der Waals surface area contributed by atoms with Crippen LogP contribution in [0.1, 0.15) is 0 Å². The summed E-state index contributed by atoms with van der Waals surface area (Å²) >= 11 is 1.37. The third kappa shape index (κ3) is 3.74. The van der Waals surface area contributed by atoms with Crippen LogP contribution in [-0.4, -0.2) is 12.3 Å². The number of rotatable bonds is 5. The van der Waals surface area contributed by atoms with Gasteiger partial charge < -0.3 is 5.32 Å². The molecule has 0 heterocycles. The molecule has 2 rings (SSSR count). The first-order valence-corrected chi connectivity index (χ1v) is 6.61. The van der Waals surface area contributed by atoms with Gasteiger partial charge in [0, 0.05) is 28.9 Å². The Bertz CT molecular complexity index is 502. The van der Waals surface area contributed by atoms with Gasteiger partial charge in [-0.25, -0.2) is 8.78 Å². The van der Waals surface area contributed by atoms with Crippen molar-refractivity contribution in [3.8, 4) is 0 Å². The van der Waals surface area contributed by atoms with Crippen LogP contribution in [0.2, 0.25) is 0 Å². The monoisotopic (exact) mass is 265 g/mol. The quantitative estimate of drug-likeness (QED) is 0.643. The van der Waals surface area contributed by atoms with Crippen LogP contribution in [0.25, 0.3) is 0 Å². The van der Waals surface area contributed by atoms with Crippen LogP contribution < -0.4 is 5.32 Å². The first-order chi connectivity index (χ1) is 8.75. The lowest BCUT2D eigenvalue weighted by Gasteiger charge is -2.06. The molecule has 2 aromatic carbocycles. The first kappa shape index (κ1) is 12.9. The zero-order chi connectivity index (χ0) is 12.8. The predicted molar refractivity (Wildman–Crippen MR) is 72.0 cm³/mol. The number of halogens is 2. The highest BCUT2D eigenvalue weighted by molar-refractivity contribution is 7.99. The van der Waals surface area contributed by atoms with Gasteiger partial charge in [-0.05, 0) is 24.3 Å². The van der Waals surface area contributed by atoms with Gasteiger partial charge in [0.1, 0.15) is 11.6 Å². The molecule has 0 fully saturated rings. The Morgan fingerprint density at radius 3 is 2.50 bits per heavy atom. The van der Waals surface area contributed by atoms with E-state index in [0.29, 0.717) is 4.90 Å².